The Kier molecular flexibility index (Phi) is 11.9. The fourth-order valence-electron chi connectivity index (χ4n) is 8.31. The van der Waals surface area contributed by atoms with Gasteiger partial charge in [0, 0.05) is 36.0 Å². The van der Waals surface area contributed by atoms with Gasteiger partial charge in [-0.2, -0.15) is 0 Å². The molecule has 0 atom stereocenters. The normalized spacial score (nSPS) is 16.2. The first-order valence-electron chi connectivity index (χ1n) is 20.1. The van der Waals surface area contributed by atoms with Crippen LogP contribution >= 0.6 is 0 Å². The minimum absolute atomic E-state index is 0.624. The van der Waals surface area contributed by atoms with Crippen molar-refractivity contribution in [3.8, 4) is 0 Å². The largest absolute Gasteiger partial charge is 0.358 e. The molecule has 288 valence electrons. The van der Waals surface area contributed by atoms with Crippen LogP contribution in [-0.4, -0.2) is 67.8 Å². The molecular weight excluding hydrogens is 701 g/mol. The van der Waals surface area contributed by atoms with Crippen LogP contribution in [0.25, 0.3) is 21.8 Å². The van der Waals surface area contributed by atoms with Crippen LogP contribution in [0.5, 0.6) is 0 Å². The van der Waals surface area contributed by atoms with Crippen molar-refractivity contribution >= 4 is 33.7 Å². The van der Waals surface area contributed by atoms with Gasteiger partial charge in [0.2, 0.25) is 0 Å². The minimum Gasteiger partial charge on any atom is -0.314 e. The molecule has 0 bridgehead atoms. The molecule has 0 radical (unpaired) electrons. The molecule has 0 amide bonds. The van der Waals surface area contributed by atoms with Crippen molar-refractivity contribution in [2.24, 2.45) is 11.8 Å². The van der Waals surface area contributed by atoms with Gasteiger partial charge in [-0.3, -0.25) is 9.80 Å². The van der Waals surface area contributed by atoms with E-state index in [0.29, 0.717) is 22.9 Å². The summed E-state index contributed by atoms with van der Waals surface area (Å²) < 4.78 is 0. The van der Waals surface area contributed by atoms with Crippen LogP contribution in [0.15, 0.2) is 121 Å². The number of carbonyl (C=O) groups excluding carboxylic acids is 2. The summed E-state index contributed by atoms with van der Waals surface area (Å²) in [6.45, 7) is 6.36. The summed E-state index contributed by atoms with van der Waals surface area (Å²) in [5.41, 5.74) is 5.93. The summed E-state index contributed by atoms with van der Waals surface area (Å²) in [5.74, 6) is -0.208. The first kappa shape index (κ1) is 37.3. The fourth-order valence-corrected chi connectivity index (χ4v) is 8.31. The molecule has 2 aromatic heterocycles. The second kappa shape index (κ2) is 17.9. The van der Waals surface area contributed by atoms with Crippen molar-refractivity contribution in [1.29, 1.82) is 0 Å². The zero-order valence-corrected chi connectivity index (χ0v) is 31.9. The van der Waals surface area contributed by atoms with E-state index in [1.165, 1.54) is 20.8 Å². The zero-order chi connectivity index (χ0) is 38.1. The molecule has 4 heterocycles. The molecule has 0 spiro atoms. The van der Waals surface area contributed by atoms with E-state index in [4.69, 9.17) is 9.68 Å². The Labute approximate surface area is 328 Å². The Bertz CT molecular complexity index is 2090. The van der Waals surface area contributed by atoms with Crippen LogP contribution in [0.1, 0.15) is 61.0 Å². The van der Waals surface area contributed by atoms with E-state index in [1.807, 2.05) is 48.5 Å². The lowest BCUT2D eigenvalue weighted by atomic mass is 9.91. The molecule has 2 aliphatic heterocycles. The first-order valence-corrected chi connectivity index (χ1v) is 20.1. The highest BCUT2D eigenvalue weighted by Crippen LogP contribution is 2.28. The van der Waals surface area contributed by atoms with E-state index >= 15 is 0 Å². The second-order valence-corrected chi connectivity index (χ2v) is 15.3. The summed E-state index contributed by atoms with van der Waals surface area (Å²) in [5, 5.41) is 11.3. The van der Waals surface area contributed by atoms with Crippen LogP contribution in [0.4, 0.5) is 0 Å². The van der Waals surface area contributed by atoms with E-state index in [1.54, 1.807) is 0 Å². The van der Waals surface area contributed by atoms with Crippen molar-refractivity contribution in [1.82, 2.24) is 29.7 Å². The highest BCUT2D eigenvalue weighted by molar-refractivity contribution is 5.93. The second-order valence-electron chi connectivity index (χ2n) is 15.3. The van der Waals surface area contributed by atoms with Gasteiger partial charge < -0.3 is 9.68 Å². The summed E-state index contributed by atoms with van der Waals surface area (Å²) in [7, 11) is 0. The van der Waals surface area contributed by atoms with Gasteiger partial charge in [0.1, 0.15) is 11.0 Å². The Morgan fingerprint density at radius 1 is 0.536 bits per heavy atom. The van der Waals surface area contributed by atoms with Gasteiger partial charge >= 0.3 is 11.9 Å². The van der Waals surface area contributed by atoms with Crippen LogP contribution in [0.3, 0.4) is 0 Å². The van der Waals surface area contributed by atoms with Gasteiger partial charge in [-0.1, -0.05) is 107 Å². The predicted molar refractivity (Wildman–Crippen MR) is 217 cm³/mol. The first-order chi connectivity index (χ1) is 27.5. The topological polar surface area (TPSA) is 94.7 Å². The van der Waals surface area contributed by atoms with Gasteiger partial charge in [0.25, 0.3) is 0 Å². The maximum Gasteiger partial charge on any atom is 0.358 e. The molecule has 10 nitrogen and oxygen atoms in total. The number of aryl methyl sites for hydroxylation is 2. The number of hydrogen-bond acceptors (Lipinski definition) is 8. The monoisotopic (exact) mass is 750 g/mol. The number of likely N-dealkylation sites (tertiary alicyclic amines) is 2. The fraction of sp³-hybridized carbons (Fsp3) is 0.348. The van der Waals surface area contributed by atoms with Crippen LogP contribution in [-0.2, 0) is 35.5 Å². The van der Waals surface area contributed by atoms with E-state index in [2.05, 4.69) is 80.7 Å². The number of para-hydroxylation sites is 2. The summed E-state index contributed by atoms with van der Waals surface area (Å²) in [6.07, 6.45) is 10.4. The Morgan fingerprint density at radius 2 is 0.911 bits per heavy atom. The molecule has 8 rings (SSSR count). The molecule has 10 heteroatoms. The number of nitrogens with zero attached hydrogens (tertiary/aromatic N) is 6. The minimum atomic E-state index is -0.728. The van der Waals surface area contributed by atoms with Gasteiger partial charge in [-0.05, 0) is 113 Å². The van der Waals surface area contributed by atoms with Gasteiger partial charge in [0.15, 0.2) is 0 Å². The molecule has 4 aromatic carbocycles. The standard InChI is InChI=1S/C46H50N6O4/c53-45(55-51-43-17-9-7-15-39(43)41(47-51)21-19-35-25-29-49(30-26-35)33-37-11-3-1-4-12-37)23-24-46(54)56-52-44-18-10-8-16-40(44)42(48-52)22-20-36-27-31-50(32-28-36)34-38-13-5-2-6-14-38/h1-18,23-24,35-36H,19-22,25-34H2/b24-23-. The van der Waals surface area contributed by atoms with Crippen molar-refractivity contribution < 1.29 is 19.3 Å². The van der Waals surface area contributed by atoms with E-state index in [0.717, 1.165) is 125 Å². The Balaban J connectivity index is 0.826. The highest BCUT2D eigenvalue weighted by atomic mass is 16.7. The van der Waals surface area contributed by atoms with Crippen molar-refractivity contribution in [3.63, 3.8) is 0 Å². The lowest BCUT2D eigenvalue weighted by molar-refractivity contribution is -0.142. The van der Waals surface area contributed by atoms with E-state index < -0.39 is 11.9 Å². The van der Waals surface area contributed by atoms with E-state index in [-0.39, 0.29) is 0 Å². The average molecular weight is 751 g/mol. The van der Waals surface area contributed by atoms with Crippen molar-refractivity contribution in [3.05, 3.63) is 144 Å². The van der Waals surface area contributed by atoms with Crippen LogP contribution < -0.4 is 9.68 Å². The maximum atomic E-state index is 12.9. The predicted octanol–water partition coefficient (Wildman–Crippen LogP) is 7.24. The third-order valence-corrected chi connectivity index (χ3v) is 11.5. The van der Waals surface area contributed by atoms with E-state index in [9.17, 15) is 9.59 Å². The maximum absolute atomic E-state index is 12.9. The number of rotatable bonds is 14. The summed E-state index contributed by atoms with van der Waals surface area (Å²) in [6, 6.07) is 36.8. The number of piperidine rings is 2. The molecule has 0 N–H and O–H groups in total. The summed E-state index contributed by atoms with van der Waals surface area (Å²) >= 11 is 0. The molecule has 56 heavy (non-hydrogen) atoms. The number of fused-ring (bicyclic) bond motifs is 2. The quantitative estimate of drug-likeness (QED) is 0.108. The molecule has 6 aromatic rings. The third-order valence-electron chi connectivity index (χ3n) is 11.5. The summed E-state index contributed by atoms with van der Waals surface area (Å²) in [4.78, 5) is 44.7. The lowest BCUT2D eigenvalue weighted by Gasteiger charge is -2.32. The van der Waals surface area contributed by atoms with Crippen molar-refractivity contribution in [2.75, 3.05) is 26.2 Å². The van der Waals surface area contributed by atoms with Crippen LogP contribution in [0.2, 0.25) is 0 Å². The number of hydrogen-bond donors (Lipinski definition) is 0. The molecular formula is C46H50N6O4. The smallest absolute Gasteiger partial charge is 0.314 e. The Hall–Kier alpha value is -5.58. The molecule has 2 saturated heterocycles. The van der Waals surface area contributed by atoms with Crippen LogP contribution in [0, 0.1) is 11.8 Å². The van der Waals surface area contributed by atoms with Crippen molar-refractivity contribution in [2.45, 2.75) is 64.5 Å². The number of carbonyl (C=O) groups is 2. The number of aromatic nitrogens is 4. The van der Waals surface area contributed by atoms with Gasteiger partial charge in [0.05, 0.1) is 11.4 Å². The molecule has 0 saturated carbocycles. The SMILES string of the molecule is O=C(/C=C\C(=O)On1nc(CCC2CCN(Cc3ccccc3)CC2)c2ccccc21)On1nc(CCC2CCN(Cc3ccccc3)CC2)c2ccccc21. The Morgan fingerprint density at radius 3 is 1.32 bits per heavy atom. The molecule has 0 unspecified atom stereocenters. The zero-order valence-electron chi connectivity index (χ0n) is 31.9. The average Bonchev–Trinajstić information content (AvgIpc) is 3.77. The third kappa shape index (κ3) is 9.44. The van der Waals surface area contributed by atoms with Gasteiger partial charge in [-0.15, -0.1) is 10.2 Å². The molecule has 2 fully saturated rings. The lowest BCUT2D eigenvalue weighted by Crippen LogP contribution is -2.33. The number of benzene rings is 4. The molecule has 0 aliphatic carbocycles. The van der Waals surface area contributed by atoms with Gasteiger partial charge in [-0.25, -0.2) is 9.59 Å². The highest BCUT2D eigenvalue weighted by Gasteiger charge is 2.23. The molecule has 2 aliphatic rings.